The zero-order valence-corrected chi connectivity index (χ0v) is 9.34. The molecule has 1 rings (SSSR count). The van der Waals surface area contributed by atoms with Gasteiger partial charge in [0.25, 0.3) is 0 Å². The summed E-state index contributed by atoms with van der Waals surface area (Å²) in [6.45, 7) is 4.66. The molecule has 0 bridgehead atoms. The van der Waals surface area contributed by atoms with Gasteiger partial charge in [-0.25, -0.2) is 0 Å². The fourth-order valence-corrected chi connectivity index (χ4v) is 1.90. The van der Waals surface area contributed by atoms with Crippen LogP contribution in [0.5, 0.6) is 0 Å². The Balaban J connectivity index is 2.44. The number of carbonyl (C=O) groups excluding carboxylic acids is 1. The van der Waals surface area contributed by atoms with Crippen molar-refractivity contribution in [2.24, 2.45) is 5.41 Å². The first kappa shape index (κ1) is 11.5. The van der Waals surface area contributed by atoms with Crippen molar-refractivity contribution >= 4 is 5.97 Å². The van der Waals surface area contributed by atoms with E-state index in [2.05, 4.69) is 0 Å². The average molecular weight is 200 g/mol. The number of hydrogen-bond acceptors (Lipinski definition) is 3. The first-order valence-corrected chi connectivity index (χ1v) is 5.26. The van der Waals surface area contributed by atoms with Gasteiger partial charge in [0.15, 0.2) is 0 Å². The lowest BCUT2D eigenvalue weighted by Crippen LogP contribution is -2.32. The van der Waals surface area contributed by atoms with E-state index in [9.17, 15) is 4.79 Å². The Hall–Kier alpha value is -0.570. The lowest BCUT2D eigenvalue weighted by atomic mass is 9.85. The monoisotopic (exact) mass is 200 g/mol. The smallest absolute Gasteiger partial charge is 0.311 e. The minimum absolute atomic E-state index is 0.147. The third-order valence-electron chi connectivity index (χ3n) is 2.75. The molecule has 3 heteroatoms. The minimum Gasteiger partial charge on any atom is -0.469 e. The molecule has 1 aliphatic rings. The Morgan fingerprint density at radius 1 is 1.50 bits per heavy atom. The van der Waals surface area contributed by atoms with Crippen LogP contribution in [0.3, 0.4) is 0 Å². The van der Waals surface area contributed by atoms with E-state index in [4.69, 9.17) is 9.47 Å². The van der Waals surface area contributed by atoms with Gasteiger partial charge in [0.2, 0.25) is 0 Å². The molecule has 1 fully saturated rings. The quantitative estimate of drug-likeness (QED) is 0.655. The zero-order chi connectivity index (χ0) is 10.6. The summed E-state index contributed by atoms with van der Waals surface area (Å²) in [5.41, 5.74) is -0.420. The van der Waals surface area contributed by atoms with E-state index in [0.29, 0.717) is 0 Å². The molecule has 0 aromatic carbocycles. The molecule has 0 N–H and O–H groups in total. The van der Waals surface area contributed by atoms with Crippen molar-refractivity contribution in [3.8, 4) is 0 Å². The van der Waals surface area contributed by atoms with Crippen molar-refractivity contribution in [1.29, 1.82) is 0 Å². The van der Waals surface area contributed by atoms with Crippen LogP contribution in [0.4, 0.5) is 0 Å². The molecule has 1 unspecified atom stereocenters. The molecule has 3 nitrogen and oxygen atoms in total. The highest BCUT2D eigenvalue weighted by atomic mass is 16.5. The van der Waals surface area contributed by atoms with E-state index in [-0.39, 0.29) is 12.1 Å². The van der Waals surface area contributed by atoms with Crippen molar-refractivity contribution < 1.29 is 14.3 Å². The summed E-state index contributed by atoms with van der Waals surface area (Å²) >= 11 is 0. The summed E-state index contributed by atoms with van der Waals surface area (Å²) in [5, 5.41) is 0. The summed E-state index contributed by atoms with van der Waals surface area (Å²) in [7, 11) is 1.44. The lowest BCUT2D eigenvalue weighted by Gasteiger charge is -2.29. The summed E-state index contributed by atoms with van der Waals surface area (Å²) in [4.78, 5) is 11.4. The van der Waals surface area contributed by atoms with Crippen LogP contribution in [0.15, 0.2) is 0 Å². The molecule has 1 saturated heterocycles. The van der Waals surface area contributed by atoms with Crippen molar-refractivity contribution in [3.05, 3.63) is 0 Å². The van der Waals surface area contributed by atoms with Crippen LogP contribution in [0.25, 0.3) is 0 Å². The van der Waals surface area contributed by atoms with Crippen LogP contribution in [0.2, 0.25) is 0 Å². The Morgan fingerprint density at radius 2 is 2.21 bits per heavy atom. The molecule has 0 aromatic rings. The normalized spacial score (nSPS) is 23.2. The third kappa shape index (κ3) is 2.98. The van der Waals surface area contributed by atoms with Crippen LogP contribution in [0.1, 0.15) is 39.5 Å². The summed E-state index contributed by atoms with van der Waals surface area (Å²) in [5.74, 6) is -0.147. The molecule has 0 radical (unpaired) electrons. The van der Waals surface area contributed by atoms with E-state index in [1.54, 1.807) is 0 Å². The van der Waals surface area contributed by atoms with E-state index >= 15 is 0 Å². The van der Waals surface area contributed by atoms with Crippen molar-refractivity contribution in [2.75, 3.05) is 13.7 Å². The Labute approximate surface area is 85.8 Å². The fourth-order valence-electron chi connectivity index (χ4n) is 1.90. The topological polar surface area (TPSA) is 35.5 Å². The summed E-state index contributed by atoms with van der Waals surface area (Å²) < 4.78 is 10.4. The van der Waals surface area contributed by atoms with Gasteiger partial charge in [0, 0.05) is 6.61 Å². The Kier molecular flexibility index (Phi) is 3.93. The van der Waals surface area contributed by atoms with Crippen molar-refractivity contribution in [3.63, 3.8) is 0 Å². The van der Waals surface area contributed by atoms with Crippen LogP contribution >= 0.6 is 0 Å². The molecule has 1 aliphatic heterocycles. The standard InChI is InChI=1S/C11H20O3/c1-11(2,10(12)13-3)8-9-6-4-5-7-14-9/h9H,4-8H2,1-3H3. The molecule has 0 amide bonds. The molecule has 0 aliphatic carbocycles. The van der Waals surface area contributed by atoms with Crippen molar-refractivity contribution in [2.45, 2.75) is 45.6 Å². The van der Waals surface area contributed by atoms with Gasteiger partial charge in [-0.1, -0.05) is 0 Å². The molecule has 14 heavy (non-hydrogen) atoms. The van der Waals surface area contributed by atoms with Gasteiger partial charge in [0.05, 0.1) is 18.6 Å². The predicted molar refractivity (Wildman–Crippen MR) is 54.0 cm³/mol. The minimum atomic E-state index is -0.420. The predicted octanol–water partition coefficient (Wildman–Crippen LogP) is 2.14. The van der Waals surface area contributed by atoms with E-state index in [0.717, 1.165) is 25.9 Å². The molecule has 0 saturated carbocycles. The number of carbonyl (C=O) groups is 1. The lowest BCUT2D eigenvalue weighted by molar-refractivity contribution is -0.153. The molecule has 1 heterocycles. The first-order chi connectivity index (χ1) is 6.56. The van der Waals surface area contributed by atoms with Crippen LogP contribution in [0, 0.1) is 5.41 Å². The fraction of sp³-hybridized carbons (Fsp3) is 0.909. The number of methoxy groups -OCH3 is 1. The molecule has 0 spiro atoms. The zero-order valence-electron chi connectivity index (χ0n) is 9.34. The van der Waals surface area contributed by atoms with Crippen LogP contribution < -0.4 is 0 Å². The van der Waals surface area contributed by atoms with Gasteiger partial charge in [-0.3, -0.25) is 4.79 Å². The maximum atomic E-state index is 11.4. The van der Waals surface area contributed by atoms with Crippen molar-refractivity contribution in [1.82, 2.24) is 0 Å². The molecular formula is C11H20O3. The van der Waals surface area contributed by atoms with Gasteiger partial charge in [-0.05, 0) is 39.5 Å². The highest BCUT2D eigenvalue weighted by Gasteiger charge is 2.32. The number of hydrogen-bond donors (Lipinski definition) is 0. The number of ether oxygens (including phenoxy) is 2. The second kappa shape index (κ2) is 4.78. The maximum Gasteiger partial charge on any atom is 0.311 e. The molecule has 0 aromatic heterocycles. The largest absolute Gasteiger partial charge is 0.469 e. The number of esters is 1. The first-order valence-electron chi connectivity index (χ1n) is 5.26. The van der Waals surface area contributed by atoms with Gasteiger partial charge >= 0.3 is 5.97 Å². The highest BCUT2D eigenvalue weighted by molar-refractivity contribution is 5.75. The SMILES string of the molecule is COC(=O)C(C)(C)CC1CCCCO1. The molecular weight excluding hydrogens is 180 g/mol. The second-order valence-corrected chi connectivity index (χ2v) is 4.57. The maximum absolute atomic E-state index is 11.4. The second-order valence-electron chi connectivity index (χ2n) is 4.57. The Bertz CT molecular complexity index is 193. The number of rotatable bonds is 3. The highest BCUT2D eigenvalue weighted by Crippen LogP contribution is 2.29. The van der Waals surface area contributed by atoms with Gasteiger partial charge < -0.3 is 9.47 Å². The van der Waals surface area contributed by atoms with Gasteiger partial charge in [0.1, 0.15) is 0 Å². The van der Waals surface area contributed by atoms with E-state index in [1.165, 1.54) is 13.5 Å². The summed E-state index contributed by atoms with van der Waals surface area (Å²) in [6, 6.07) is 0. The van der Waals surface area contributed by atoms with Gasteiger partial charge in [-0.2, -0.15) is 0 Å². The Morgan fingerprint density at radius 3 is 2.71 bits per heavy atom. The molecule has 1 atom stereocenters. The van der Waals surface area contributed by atoms with E-state index < -0.39 is 5.41 Å². The van der Waals surface area contributed by atoms with Crippen LogP contribution in [-0.4, -0.2) is 25.8 Å². The van der Waals surface area contributed by atoms with Crippen LogP contribution in [-0.2, 0) is 14.3 Å². The van der Waals surface area contributed by atoms with Gasteiger partial charge in [-0.15, -0.1) is 0 Å². The molecule has 82 valence electrons. The average Bonchev–Trinajstić information content (AvgIpc) is 2.17. The summed E-state index contributed by atoms with van der Waals surface area (Å²) in [6.07, 6.45) is 4.43. The van der Waals surface area contributed by atoms with E-state index in [1.807, 2.05) is 13.8 Å². The third-order valence-corrected chi connectivity index (χ3v) is 2.75.